The van der Waals surface area contributed by atoms with Crippen molar-refractivity contribution in [3.63, 3.8) is 0 Å². The predicted octanol–water partition coefficient (Wildman–Crippen LogP) is 3.45. The Hall–Kier alpha value is -2.58. The number of methoxy groups -OCH3 is 2. The lowest BCUT2D eigenvalue weighted by Crippen LogP contribution is -2.42. The van der Waals surface area contributed by atoms with E-state index in [2.05, 4.69) is 0 Å². The van der Waals surface area contributed by atoms with E-state index in [-0.39, 0.29) is 27.8 Å². The highest BCUT2D eigenvalue weighted by Gasteiger charge is 2.35. The zero-order valence-corrected chi connectivity index (χ0v) is 16.6. The van der Waals surface area contributed by atoms with Crippen molar-refractivity contribution >= 4 is 33.0 Å². The summed E-state index contributed by atoms with van der Waals surface area (Å²) in [6, 6.07) is 7.72. The number of nitrogens with zero attached hydrogens (tertiary/aromatic N) is 1. The summed E-state index contributed by atoms with van der Waals surface area (Å²) in [6.07, 6.45) is 1.38. The van der Waals surface area contributed by atoms with Crippen molar-refractivity contribution in [3.05, 3.63) is 64.3 Å². The van der Waals surface area contributed by atoms with Gasteiger partial charge in [-0.3, -0.25) is 9.69 Å². The van der Waals surface area contributed by atoms with Crippen LogP contribution in [0.3, 0.4) is 0 Å². The molecule has 6 nitrogen and oxygen atoms in total. The van der Waals surface area contributed by atoms with Gasteiger partial charge >= 0.3 is 0 Å². The molecule has 0 saturated carbocycles. The summed E-state index contributed by atoms with van der Waals surface area (Å²) in [5.74, 6) is -1.18. The number of hydrogen-bond donors (Lipinski definition) is 0. The largest absolute Gasteiger partial charge is 0.497 e. The fourth-order valence-electron chi connectivity index (χ4n) is 2.97. The molecule has 148 valence electrons. The van der Waals surface area contributed by atoms with Gasteiger partial charge in [0.2, 0.25) is 0 Å². The van der Waals surface area contributed by atoms with Gasteiger partial charge in [-0.25, -0.2) is 12.8 Å². The molecule has 9 heteroatoms. The fraction of sp³-hybridized carbons (Fsp3) is 0.211. The van der Waals surface area contributed by atoms with Gasteiger partial charge < -0.3 is 9.47 Å². The van der Waals surface area contributed by atoms with Crippen LogP contribution < -0.4 is 14.4 Å². The number of benzene rings is 2. The Morgan fingerprint density at radius 2 is 1.96 bits per heavy atom. The number of amides is 1. The van der Waals surface area contributed by atoms with Crippen LogP contribution in [-0.4, -0.2) is 40.3 Å². The molecule has 1 amide bonds. The van der Waals surface area contributed by atoms with Crippen molar-refractivity contribution in [3.8, 4) is 11.5 Å². The Balaban J connectivity index is 2.17. The molecule has 0 unspecified atom stereocenters. The molecule has 2 aromatic rings. The standard InChI is InChI=1S/C19H17ClFNO5S/c1-26-13-6-7-16(17(10-13)27-2)22(12-8-9-28(24,25)11-12)19(23)18-14(20)4-3-5-15(18)21/h3-10,12H,11H2,1-2H3/t12-/m1/s1. The highest BCUT2D eigenvalue weighted by atomic mass is 35.5. The molecule has 3 rings (SSSR count). The van der Waals surface area contributed by atoms with Crippen molar-refractivity contribution in [1.82, 2.24) is 0 Å². The number of halogens is 2. The molecule has 0 aliphatic carbocycles. The molecular weight excluding hydrogens is 409 g/mol. The van der Waals surface area contributed by atoms with E-state index in [1.165, 1.54) is 37.3 Å². The minimum atomic E-state index is -3.48. The summed E-state index contributed by atoms with van der Waals surface area (Å²) < 4.78 is 48.8. The van der Waals surface area contributed by atoms with Crippen LogP contribution in [0, 0.1) is 5.82 Å². The third-order valence-corrected chi connectivity index (χ3v) is 5.98. The Labute approximate surface area is 167 Å². The van der Waals surface area contributed by atoms with Crippen LogP contribution in [0.1, 0.15) is 10.4 Å². The molecular formula is C19H17ClFNO5S. The maximum Gasteiger partial charge on any atom is 0.263 e. The molecule has 1 heterocycles. The van der Waals surface area contributed by atoms with E-state index < -0.39 is 27.6 Å². The van der Waals surface area contributed by atoms with Crippen LogP contribution in [0.4, 0.5) is 10.1 Å². The predicted molar refractivity (Wildman–Crippen MR) is 104 cm³/mol. The lowest BCUT2D eigenvalue weighted by Gasteiger charge is -2.29. The Kier molecular flexibility index (Phi) is 5.62. The minimum absolute atomic E-state index is 0.0766. The summed E-state index contributed by atoms with van der Waals surface area (Å²) in [6.45, 7) is 0. The van der Waals surface area contributed by atoms with Crippen molar-refractivity contribution in [2.24, 2.45) is 0 Å². The van der Waals surface area contributed by atoms with E-state index in [0.29, 0.717) is 5.75 Å². The number of ether oxygens (including phenoxy) is 2. The zero-order valence-electron chi connectivity index (χ0n) is 15.1. The maximum absolute atomic E-state index is 14.4. The lowest BCUT2D eigenvalue weighted by atomic mass is 10.1. The molecule has 0 spiro atoms. The molecule has 0 fully saturated rings. The van der Waals surface area contributed by atoms with Crippen LogP contribution >= 0.6 is 11.6 Å². The van der Waals surface area contributed by atoms with Gasteiger partial charge in [0.05, 0.1) is 42.3 Å². The molecule has 28 heavy (non-hydrogen) atoms. The van der Waals surface area contributed by atoms with Gasteiger partial charge in [0.25, 0.3) is 5.91 Å². The highest BCUT2D eigenvalue weighted by molar-refractivity contribution is 7.94. The van der Waals surface area contributed by atoms with Gasteiger partial charge in [-0.05, 0) is 30.3 Å². The normalized spacial score (nSPS) is 17.4. The molecule has 2 aromatic carbocycles. The zero-order chi connectivity index (χ0) is 20.5. The number of carbonyl (C=O) groups excluding carboxylic acids is 1. The third kappa shape index (κ3) is 3.83. The molecule has 0 radical (unpaired) electrons. The molecule has 0 bridgehead atoms. The number of sulfone groups is 1. The van der Waals surface area contributed by atoms with Crippen LogP contribution in [0.25, 0.3) is 0 Å². The van der Waals surface area contributed by atoms with E-state index >= 15 is 0 Å². The monoisotopic (exact) mass is 425 g/mol. The second kappa shape index (κ2) is 7.81. The van der Waals surface area contributed by atoms with Crippen molar-refractivity contribution < 1.29 is 27.1 Å². The van der Waals surface area contributed by atoms with Crippen molar-refractivity contribution in [2.45, 2.75) is 6.04 Å². The summed E-state index contributed by atoms with van der Waals surface area (Å²) in [5, 5.41) is 0.962. The first-order chi connectivity index (χ1) is 13.3. The van der Waals surface area contributed by atoms with Gasteiger partial charge in [-0.1, -0.05) is 17.7 Å². The second-order valence-corrected chi connectivity index (χ2v) is 8.37. The minimum Gasteiger partial charge on any atom is -0.497 e. The van der Waals surface area contributed by atoms with E-state index in [9.17, 15) is 17.6 Å². The number of carbonyl (C=O) groups is 1. The SMILES string of the molecule is COc1ccc(N(C(=O)c2c(F)cccc2Cl)[C@@H]2C=CS(=O)(=O)C2)c(OC)c1. The van der Waals surface area contributed by atoms with E-state index in [0.717, 1.165) is 11.5 Å². The van der Waals surface area contributed by atoms with Crippen molar-refractivity contribution in [2.75, 3.05) is 24.9 Å². The summed E-state index contributed by atoms with van der Waals surface area (Å²) in [7, 11) is -0.608. The van der Waals surface area contributed by atoms with Gasteiger partial charge in [-0.15, -0.1) is 0 Å². The van der Waals surface area contributed by atoms with E-state index in [1.54, 1.807) is 18.2 Å². The number of anilines is 1. The first-order valence-corrected chi connectivity index (χ1v) is 10.3. The highest BCUT2D eigenvalue weighted by Crippen LogP contribution is 2.36. The quantitative estimate of drug-likeness (QED) is 0.733. The fourth-order valence-corrected chi connectivity index (χ4v) is 4.48. The van der Waals surface area contributed by atoms with Crippen LogP contribution in [0.2, 0.25) is 5.02 Å². The van der Waals surface area contributed by atoms with Gasteiger partial charge in [0.1, 0.15) is 17.3 Å². The average Bonchev–Trinajstić information content (AvgIpc) is 3.01. The van der Waals surface area contributed by atoms with Crippen LogP contribution in [-0.2, 0) is 9.84 Å². The molecule has 0 N–H and O–H groups in total. The molecule has 1 aliphatic rings. The van der Waals surface area contributed by atoms with E-state index in [4.69, 9.17) is 21.1 Å². The molecule has 1 atom stereocenters. The molecule has 1 aliphatic heterocycles. The average molecular weight is 426 g/mol. The molecule has 0 saturated heterocycles. The van der Waals surface area contributed by atoms with Gasteiger partial charge in [-0.2, -0.15) is 0 Å². The van der Waals surface area contributed by atoms with Crippen molar-refractivity contribution in [1.29, 1.82) is 0 Å². The Morgan fingerprint density at radius 1 is 1.21 bits per heavy atom. The number of rotatable bonds is 5. The topological polar surface area (TPSA) is 72.9 Å². The van der Waals surface area contributed by atoms with Crippen LogP contribution in [0.15, 0.2) is 47.9 Å². The van der Waals surface area contributed by atoms with E-state index in [1.807, 2.05) is 0 Å². The lowest BCUT2D eigenvalue weighted by molar-refractivity contribution is 0.0978. The maximum atomic E-state index is 14.4. The number of hydrogen-bond acceptors (Lipinski definition) is 5. The summed E-state index contributed by atoms with van der Waals surface area (Å²) in [5.41, 5.74) is -0.0842. The van der Waals surface area contributed by atoms with Gasteiger partial charge in [0, 0.05) is 11.5 Å². The second-order valence-electron chi connectivity index (χ2n) is 6.04. The first-order valence-electron chi connectivity index (χ1n) is 8.18. The first kappa shape index (κ1) is 20.2. The summed E-state index contributed by atoms with van der Waals surface area (Å²) >= 11 is 6.06. The van der Waals surface area contributed by atoms with Crippen LogP contribution in [0.5, 0.6) is 11.5 Å². The van der Waals surface area contributed by atoms with Gasteiger partial charge in [0.15, 0.2) is 9.84 Å². The third-order valence-electron chi connectivity index (χ3n) is 4.28. The Morgan fingerprint density at radius 3 is 2.54 bits per heavy atom. The Bertz CT molecular complexity index is 1030. The molecule has 0 aromatic heterocycles. The smallest absolute Gasteiger partial charge is 0.263 e. The summed E-state index contributed by atoms with van der Waals surface area (Å²) in [4.78, 5) is 14.5.